The molecule has 9 heteroatoms. The first-order chi connectivity index (χ1) is 13.6. The van der Waals surface area contributed by atoms with Crippen molar-refractivity contribution in [3.8, 4) is 11.5 Å². The van der Waals surface area contributed by atoms with Crippen LogP contribution >= 0.6 is 0 Å². The van der Waals surface area contributed by atoms with Crippen LogP contribution in [0.2, 0.25) is 0 Å². The summed E-state index contributed by atoms with van der Waals surface area (Å²) in [6, 6.07) is 9.91. The molecule has 0 spiro atoms. The van der Waals surface area contributed by atoms with Gasteiger partial charge in [-0.25, -0.2) is 4.79 Å². The van der Waals surface area contributed by atoms with Crippen LogP contribution < -0.4 is 19.7 Å². The molecule has 0 atom stereocenters. The minimum absolute atomic E-state index is 0.0263. The summed E-state index contributed by atoms with van der Waals surface area (Å²) >= 11 is 0. The quantitative estimate of drug-likeness (QED) is 0.677. The van der Waals surface area contributed by atoms with Gasteiger partial charge in [-0.3, -0.25) is 9.69 Å². The number of amides is 2. The topological polar surface area (TPSA) is 88.1 Å². The number of halogens is 2. The van der Waals surface area contributed by atoms with Gasteiger partial charge in [0.25, 0.3) is 0 Å². The van der Waals surface area contributed by atoms with Gasteiger partial charge in [0.05, 0.1) is 13.5 Å². The van der Waals surface area contributed by atoms with E-state index in [-0.39, 0.29) is 12.2 Å². The van der Waals surface area contributed by atoms with Crippen molar-refractivity contribution < 1.29 is 33.0 Å². The number of urea groups is 1. The molecule has 29 heavy (non-hydrogen) atoms. The Bertz CT molecular complexity index is 866. The summed E-state index contributed by atoms with van der Waals surface area (Å²) in [4.78, 5) is 25.0. The number of methoxy groups -OCH3 is 1. The Morgan fingerprint density at radius 1 is 1.17 bits per heavy atom. The third-order valence-electron chi connectivity index (χ3n) is 3.89. The van der Waals surface area contributed by atoms with Crippen molar-refractivity contribution in [3.05, 3.63) is 48.0 Å². The first-order valence-corrected chi connectivity index (χ1v) is 8.77. The van der Waals surface area contributed by atoms with Gasteiger partial charge in [0.2, 0.25) is 0 Å². The van der Waals surface area contributed by atoms with Crippen LogP contribution in [0.1, 0.15) is 19.4 Å². The fraction of sp³-hybridized carbons (Fsp3) is 0.300. The number of carbonyl (C=O) groups is 2. The van der Waals surface area contributed by atoms with Crippen molar-refractivity contribution in [1.82, 2.24) is 0 Å². The zero-order valence-electron chi connectivity index (χ0n) is 16.2. The number of carboxylic acid groups (broad SMARTS) is 1. The molecular formula is C20H22F2N2O5. The largest absolute Gasteiger partial charge is 0.496 e. The molecule has 0 aromatic heterocycles. The lowest BCUT2D eigenvalue weighted by atomic mass is 10.1. The minimum atomic E-state index is -3.30. The molecule has 0 heterocycles. The van der Waals surface area contributed by atoms with Crippen molar-refractivity contribution >= 4 is 23.4 Å². The van der Waals surface area contributed by atoms with Crippen LogP contribution in [0.3, 0.4) is 0 Å². The zero-order valence-corrected chi connectivity index (χ0v) is 16.2. The fourth-order valence-electron chi connectivity index (χ4n) is 2.66. The van der Waals surface area contributed by atoms with E-state index in [1.165, 1.54) is 36.3 Å². The van der Waals surface area contributed by atoms with E-state index in [2.05, 4.69) is 10.1 Å². The van der Waals surface area contributed by atoms with E-state index in [9.17, 15) is 18.4 Å². The van der Waals surface area contributed by atoms with Crippen LogP contribution in [0.5, 0.6) is 11.5 Å². The lowest BCUT2D eigenvalue weighted by Gasteiger charge is -2.23. The predicted molar refractivity (Wildman–Crippen MR) is 104 cm³/mol. The van der Waals surface area contributed by atoms with E-state index in [1.807, 2.05) is 0 Å². The van der Waals surface area contributed by atoms with Crippen LogP contribution in [-0.2, 0) is 11.2 Å². The van der Waals surface area contributed by atoms with Crippen molar-refractivity contribution in [3.63, 3.8) is 0 Å². The summed E-state index contributed by atoms with van der Waals surface area (Å²) < 4.78 is 35.4. The molecule has 0 bridgehead atoms. The Hall–Kier alpha value is -3.36. The maximum Gasteiger partial charge on any atom is 0.394 e. The molecule has 156 valence electrons. The number of alkyl halides is 2. The molecule has 0 radical (unpaired) electrons. The highest BCUT2D eigenvalue weighted by Gasteiger charge is 2.23. The van der Waals surface area contributed by atoms with Gasteiger partial charge in [-0.2, -0.15) is 8.78 Å². The Morgan fingerprint density at radius 2 is 1.83 bits per heavy atom. The number of ether oxygens (including phenoxy) is 2. The summed E-state index contributed by atoms with van der Waals surface area (Å²) in [5, 5.41) is 11.6. The Morgan fingerprint density at radius 3 is 2.34 bits per heavy atom. The normalized spacial score (nSPS) is 10.9. The number of nitrogens with zero attached hydrogens (tertiary/aromatic N) is 1. The number of rotatable bonds is 8. The van der Waals surface area contributed by atoms with E-state index in [4.69, 9.17) is 9.84 Å². The first-order valence-electron chi connectivity index (χ1n) is 8.77. The van der Waals surface area contributed by atoms with Gasteiger partial charge in [0.15, 0.2) is 0 Å². The molecule has 0 aliphatic heterocycles. The summed E-state index contributed by atoms with van der Waals surface area (Å²) in [5.74, 6) is -0.658. The lowest BCUT2D eigenvalue weighted by Crippen LogP contribution is -2.34. The number of aliphatic carboxylic acids is 1. The van der Waals surface area contributed by atoms with E-state index >= 15 is 0 Å². The molecular weight excluding hydrogens is 386 g/mol. The molecule has 2 aromatic rings. The molecule has 0 fully saturated rings. The molecule has 7 nitrogen and oxygen atoms in total. The monoisotopic (exact) mass is 408 g/mol. The summed E-state index contributed by atoms with van der Waals surface area (Å²) in [6.07, 6.45) is -3.50. The smallest absolute Gasteiger partial charge is 0.394 e. The number of hydrogen-bond donors (Lipinski definition) is 2. The van der Waals surface area contributed by atoms with Gasteiger partial charge in [-0.05, 0) is 37.3 Å². The van der Waals surface area contributed by atoms with E-state index in [0.717, 1.165) is 0 Å². The van der Waals surface area contributed by atoms with E-state index in [0.29, 0.717) is 36.2 Å². The molecule has 2 N–H and O–H groups in total. The van der Waals surface area contributed by atoms with Crippen molar-refractivity contribution in [1.29, 1.82) is 0 Å². The highest BCUT2D eigenvalue weighted by atomic mass is 19.3. The van der Waals surface area contributed by atoms with E-state index < -0.39 is 18.1 Å². The van der Waals surface area contributed by atoms with Crippen molar-refractivity contribution in [2.24, 2.45) is 0 Å². The van der Waals surface area contributed by atoms with Crippen LogP contribution in [-0.4, -0.2) is 36.9 Å². The predicted octanol–water partition coefficient (Wildman–Crippen LogP) is 4.37. The van der Waals surface area contributed by atoms with Gasteiger partial charge < -0.3 is 19.9 Å². The third-order valence-corrected chi connectivity index (χ3v) is 3.89. The Balaban J connectivity index is 2.15. The minimum Gasteiger partial charge on any atom is -0.496 e. The second-order valence-electron chi connectivity index (χ2n) is 6.18. The van der Waals surface area contributed by atoms with Crippen LogP contribution in [0.15, 0.2) is 42.5 Å². The second kappa shape index (κ2) is 9.22. The summed E-state index contributed by atoms with van der Waals surface area (Å²) in [5.41, 5.74) is 1.40. The molecule has 2 amide bonds. The molecule has 0 saturated carbocycles. The standard InChI is InChI=1S/C20H22F2N2O5/c1-4-24(15-8-5-13(11-18(25)26)17(12-15)28-3)19(27)23-14-6-9-16(10-7-14)29-20(2,21)22/h5-10,12H,4,11H2,1-3H3,(H,23,27)(H,25,26). The number of carboxylic acids is 1. The highest BCUT2D eigenvalue weighted by Crippen LogP contribution is 2.27. The zero-order chi connectivity index (χ0) is 21.6. The van der Waals surface area contributed by atoms with Crippen molar-refractivity contribution in [2.75, 3.05) is 23.9 Å². The number of anilines is 2. The van der Waals surface area contributed by atoms with Gasteiger partial charge in [-0.15, -0.1) is 0 Å². The summed E-state index contributed by atoms with van der Waals surface area (Å²) in [7, 11) is 1.42. The van der Waals surface area contributed by atoms with Gasteiger partial charge in [0, 0.05) is 36.5 Å². The first kappa shape index (κ1) is 21.9. The number of benzene rings is 2. The number of hydrogen-bond acceptors (Lipinski definition) is 4. The van der Waals surface area contributed by atoms with Crippen LogP contribution in [0.4, 0.5) is 25.0 Å². The molecule has 0 saturated heterocycles. The average Bonchev–Trinajstić information content (AvgIpc) is 2.63. The molecule has 2 rings (SSSR count). The molecule has 2 aromatic carbocycles. The van der Waals surface area contributed by atoms with Crippen molar-refractivity contribution in [2.45, 2.75) is 26.4 Å². The van der Waals surface area contributed by atoms with Gasteiger partial charge >= 0.3 is 18.1 Å². The average molecular weight is 408 g/mol. The lowest BCUT2D eigenvalue weighted by molar-refractivity contribution is -0.159. The maximum absolute atomic E-state index is 12.9. The van der Waals surface area contributed by atoms with Gasteiger partial charge in [0.1, 0.15) is 11.5 Å². The Kier molecular flexibility index (Phi) is 6.98. The van der Waals surface area contributed by atoms with E-state index in [1.54, 1.807) is 25.1 Å². The Labute approximate surface area is 166 Å². The number of carbonyl (C=O) groups excluding carboxylic acids is 1. The van der Waals surface area contributed by atoms with Crippen LogP contribution in [0, 0.1) is 0 Å². The second-order valence-corrected chi connectivity index (χ2v) is 6.18. The SMILES string of the molecule is CCN(C(=O)Nc1ccc(OC(C)(F)F)cc1)c1ccc(CC(=O)O)c(OC)c1. The third kappa shape index (κ3) is 6.34. The maximum atomic E-state index is 12.9. The fourth-order valence-corrected chi connectivity index (χ4v) is 2.66. The van der Waals surface area contributed by atoms with Crippen LogP contribution in [0.25, 0.3) is 0 Å². The van der Waals surface area contributed by atoms with Gasteiger partial charge in [-0.1, -0.05) is 6.07 Å². The molecule has 0 aliphatic rings. The number of nitrogens with one attached hydrogen (secondary N) is 1. The highest BCUT2D eigenvalue weighted by molar-refractivity contribution is 6.01. The molecule has 0 aliphatic carbocycles. The summed E-state index contributed by atoms with van der Waals surface area (Å²) in [6.45, 7) is 2.74. The molecule has 0 unspecified atom stereocenters.